The number of halogens is 1. The van der Waals surface area contributed by atoms with E-state index in [0.717, 1.165) is 35.8 Å². The van der Waals surface area contributed by atoms with Crippen LogP contribution in [0.4, 0.5) is 0 Å². The molecule has 0 aromatic heterocycles. The van der Waals surface area contributed by atoms with E-state index >= 15 is 0 Å². The first-order valence-electron chi connectivity index (χ1n) is 6.24. The average molecular weight is 271 g/mol. The molecule has 1 N–H and O–H groups in total. The minimum atomic E-state index is 0.452. The van der Waals surface area contributed by atoms with Crippen molar-refractivity contribution in [3.63, 3.8) is 0 Å². The van der Waals surface area contributed by atoms with E-state index < -0.39 is 0 Å². The van der Waals surface area contributed by atoms with E-state index in [-0.39, 0.29) is 0 Å². The van der Waals surface area contributed by atoms with Crippen LogP contribution in [0.25, 0.3) is 0 Å². The van der Waals surface area contributed by atoms with Crippen LogP contribution < -0.4 is 10.1 Å². The van der Waals surface area contributed by atoms with Crippen molar-refractivity contribution >= 4 is 11.6 Å². The maximum atomic E-state index is 6.19. The molecular weight excluding hydrogens is 248 g/mol. The predicted octanol–water partition coefficient (Wildman–Crippen LogP) is 2.78. The van der Waals surface area contributed by atoms with Crippen molar-refractivity contribution in [1.82, 2.24) is 10.2 Å². The number of nitrogens with zero attached hydrogens (tertiary/aromatic N) is 1. The molecule has 0 amide bonds. The van der Waals surface area contributed by atoms with Crippen LogP contribution in [-0.4, -0.2) is 38.7 Å². The summed E-state index contributed by atoms with van der Waals surface area (Å²) in [6.07, 6.45) is 1.11. The quantitative estimate of drug-likeness (QED) is 0.825. The molecule has 1 atom stereocenters. The Labute approximate surface area is 115 Å². The SMILES string of the molecule is COc1cccc(Cl)c1CNC(C)CCN(C)C. The zero-order valence-corrected chi connectivity index (χ0v) is 12.4. The van der Waals surface area contributed by atoms with E-state index in [1.807, 2.05) is 18.2 Å². The fraction of sp³-hybridized carbons (Fsp3) is 0.571. The van der Waals surface area contributed by atoms with Crippen LogP contribution in [0.2, 0.25) is 5.02 Å². The van der Waals surface area contributed by atoms with Gasteiger partial charge in [0.25, 0.3) is 0 Å². The lowest BCUT2D eigenvalue weighted by Crippen LogP contribution is -2.29. The highest BCUT2D eigenvalue weighted by Crippen LogP contribution is 2.25. The van der Waals surface area contributed by atoms with Crippen LogP contribution in [0.5, 0.6) is 5.75 Å². The maximum Gasteiger partial charge on any atom is 0.124 e. The van der Waals surface area contributed by atoms with Gasteiger partial charge >= 0.3 is 0 Å². The summed E-state index contributed by atoms with van der Waals surface area (Å²) >= 11 is 6.19. The molecule has 3 nitrogen and oxygen atoms in total. The summed E-state index contributed by atoms with van der Waals surface area (Å²) in [5, 5.41) is 4.23. The molecular formula is C14H23ClN2O. The molecule has 0 aliphatic rings. The fourth-order valence-corrected chi connectivity index (χ4v) is 1.96. The number of benzene rings is 1. The summed E-state index contributed by atoms with van der Waals surface area (Å²) in [6, 6.07) is 6.19. The molecule has 1 aromatic rings. The van der Waals surface area contributed by atoms with E-state index in [1.165, 1.54) is 0 Å². The van der Waals surface area contributed by atoms with Crippen molar-refractivity contribution < 1.29 is 4.74 Å². The van der Waals surface area contributed by atoms with Crippen LogP contribution in [-0.2, 0) is 6.54 Å². The maximum absolute atomic E-state index is 6.19. The topological polar surface area (TPSA) is 24.5 Å². The molecule has 0 spiro atoms. The third-order valence-electron chi connectivity index (χ3n) is 2.93. The van der Waals surface area contributed by atoms with Gasteiger partial charge in [-0.15, -0.1) is 0 Å². The molecule has 18 heavy (non-hydrogen) atoms. The third-order valence-corrected chi connectivity index (χ3v) is 3.29. The minimum absolute atomic E-state index is 0.452. The Balaban J connectivity index is 2.52. The summed E-state index contributed by atoms with van der Waals surface area (Å²) in [6.45, 7) is 4.00. The fourth-order valence-electron chi connectivity index (χ4n) is 1.73. The van der Waals surface area contributed by atoms with Crippen LogP contribution in [0, 0.1) is 0 Å². The van der Waals surface area contributed by atoms with Crippen molar-refractivity contribution in [3.05, 3.63) is 28.8 Å². The molecule has 1 aromatic carbocycles. The van der Waals surface area contributed by atoms with E-state index in [1.54, 1.807) is 7.11 Å². The minimum Gasteiger partial charge on any atom is -0.496 e. The van der Waals surface area contributed by atoms with Gasteiger partial charge in [-0.05, 0) is 46.1 Å². The molecule has 0 aliphatic heterocycles. The first-order valence-corrected chi connectivity index (χ1v) is 6.62. The molecule has 0 saturated carbocycles. The van der Waals surface area contributed by atoms with Gasteiger partial charge in [-0.1, -0.05) is 17.7 Å². The standard InChI is InChI=1S/C14H23ClN2O/c1-11(8-9-17(2)3)16-10-12-13(15)6-5-7-14(12)18-4/h5-7,11,16H,8-10H2,1-4H3. The molecule has 0 saturated heterocycles. The van der Waals surface area contributed by atoms with Gasteiger partial charge in [0.2, 0.25) is 0 Å². The van der Waals surface area contributed by atoms with E-state index in [0.29, 0.717) is 6.04 Å². The second-order valence-corrected chi connectivity index (χ2v) is 5.20. The summed E-state index contributed by atoms with van der Waals surface area (Å²) < 4.78 is 5.32. The summed E-state index contributed by atoms with van der Waals surface area (Å²) in [5.74, 6) is 0.842. The molecule has 1 rings (SSSR count). The summed E-state index contributed by atoms with van der Waals surface area (Å²) in [4.78, 5) is 2.19. The Hall–Kier alpha value is -0.770. The first kappa shape index (κ1) is 15.3. The number of methoxy groups -OCH3 is 1. The first-order chi connectivity index (χ1) is 8.54. The Kier molecular flexibility index (Phi) is 6.47. The second kappa shape index (κ2) is 7.62. The van der Waals surface area contributed by atoms with E-state index in [2.05, 4.69) is 31.2 Å². The molecule has 1 unspecified atom stereocenters. The smallest absolute Gasteiger partial charge is 0.124 e. The van der Waals surface area contributed by atoms with Gasteiger partial charge in [-0.25, -0.2) is 0 Å². The van der Waals surface area contributed by atoms with Gasteiger partial charge < -0.3 is 15.0 Å². The zero-order valence-electron chi connectivity index (χ0n) is 11.7. The second-order valence-electron chi connectivity index (χ2n) is 4.79. The van der Waals surface area contributed by atoms with E-state index in [4.69, 9.17) is 16.3 Å². The Morgan fingerprint density at radius 2 is 2.11 bits per heavy atom. The molecule has 4 heteroatoms. The molecule has 0 aliphatic carbocycles. The number of hydrogen-bond acceptors (Lipinski definition) is 3. The lowest BCUT2D eigenvalue weighted by molar-refractivity contribution is 0.363. The molecule has 0 heterocycles. The molecule has 0 fully saturated rings. The molecule has 0 radical (unpaired) electrons. The van der Waals surface area contributed by atoms with Crippen LogP contribution in [0.15, 0.2) is 18.2 Å². The van der Waals surface area contributed by atoms with Crippen molar-refractivity contribution in [2.24, 2.45) is 0 Å². The van der Waals surface area contributed by atoms with Gasteiger partial charge in [-0.3, -0.25) is 0 Å². The van der Waals surface area contributed by atoms with Crippen molar-refractivity contribution in [2.75, 3.05) is 27.7 Å². The van der Waals surface area contributed by atoms with Crippen molar-refractivity contribution in [3.8, 4) is 5.75 Å². The highest BCUT2D eigenvalue weighted by Gasteiger charge is 2.09. The Morgan fingerprint density at radius 3 is 2.72 bits per heavy atom. The predicted molar refractivity (Wildman–Crippen MR) is 77.5 cm³/mol. The van der Waals surface area contributed by atoms with Gasteiger partial charge in [0.15, 0.2) is 0 Å². The highest BCUT2D eigenvalue weighted by atomic mass is 35.5. The number of ether oxygens (including phenoxy) is 1. The third kappa shape index (κ3) is 4.84. The van der Waals surface area contributed by atoms with Crippen molar-refractivity contribution in [1.29, 1.82) is 0 Å². The number of rotatable bonds is 7. The van der Waals surface area contributed by atoms with Gasteiger partial charge in [0.1, 0.15) is 5.75 Å². The number of hydrogen-bond donors (Lipinski definition) is 1. The van der Waals surface area contributed by atoms with Crippen molar-refractivity contribution in [2.45, 2.75) is 25.9 Å². The largest absolute Gasteiger partial charge is 0.496 e. The Morgan fingerprint density at radius 1 is 1.39 bits per heavy atom. The zero-order chi connectivity index (χ0) is 13.5. The van der Waals surface area contributed by atoms with Crippen LogP contribution >= 0.6 is 11.6 Å². The van der Waals surface area contributed by atoms with Crippen LogP contribution in [0.1, 0.15) is 18.9 Å². The molecule has 0 bridgehead atoms. The average Bonchev–Trinajstić information content (AvgIpc) is 2.34. The van der Waals surface area contributed by atoms with Gasteiger partial charge in [-0.2, -0.15) is 0 Å². The van der Waals surface area contributed by atoms with E-state index in [9.17, 15) is 0 Å². The summed E-state index contributed by atoms with van der Waals surface area (Å²) in [5.41, 5.74) is 1.03. The monoisotopic (exact) mass is 270 g/mol. The lowest BCUT2D eigenvalue weighted by Gasteiger charge is -2.18. The molecule has 102 valence electrons. The van der Waals surface area contributed by atoms with Gasteiger partial charge in [0, 0.05) is 23.2 Å². The highest BCUT2D eigenvalue weighted by molar-refractivity contribution is 6.31. The van der Waals surface area contributed by atoms with Crippen LogP contribution in [0.3, 0.4) is 0 Å². The summed E-state index contributed by atoms with van der Waals surface area (Å²) in [7, 11) is 5.85. The normalized spacial score (nSPS) is 12.8. The number of nitrogens with one attached hydrogen (secondary N) is 1. The van der Waals surface area contributed by atoms with Gasteiger partial charge in [0.05, 0.1) is 7.11 Å². The lowest BCUT2D eigenvalue weighted by atomic mass is 10.1. The Bertz CT molecular complexity index is 369.